The Labute approximate surface area is 167 Å². The van der Waals surface area contributed by atoms with Crippen molar-refractivity contribution in [3.05, 3.63) is 60.2 Å². The minimum absolute atomic E-state index is 0.0230. The third-order valence-electron chi connectivity index (χ3n) is 4.61. The second kappa shape index (κ2) is 8.14. The van der Waals surface area contributed by atoms with E-state index in [2.05, 4.69) is 21.2 Å². The van der Waals surface area contributed by atoms with Crippen LogP contribution in [0.2, 0.25) is 0 Å². The summed E-state index contributed by atoms with van der Waals surface area (Å²) in [5, 5.41) is 3.40. The number of benzene rings is 2. The molecule has 2 unspecified atom stereocenters. The van der Waals surface area contributed by atoms with Crippen LogP contribution in [0.3, 0.4) is 0 Å². The molecule has 1 saturated heterocycles. The van der Waals surface area contributed by atoms with Crippen LogP contribution in [0.5, 0.6) is 0 Å². The Morgan fingerprint density at radius 3 is 2.71 bits per heavy atom. The molecule has 7 nitrogen and oxygen atoms in total. The Hall–Kier alpha value is -2.68. The molecule has 0 spiro atoms. The number of hydrogen-bond acceptors (Lipinski definition) is 6. The summed E-state index contributed by atoms with van der Waals surface area (Å²) in [5.41, 5.74) is 8.66. The van der Waals surface area contributed by atoms with Gasteiger partial charge in [-0.05, 0) is 31.2 Å². The maximum absolute atomic E-state index is 13.0. The number of rotatable bonds is 4. The average Bonchev–Trinajstić information content (AvgIpc) is 3.18. The van der Waals surface area contributed by atoms with Gasteiger partial charge in [-0.1, -0.05) is 47.7 Å². The average molecular weight is 395 g/mol. The first-order valence-corrected chi connectivity index (χ1v) is 10.0. The highest BCUT2D eigenvalue weighted by atomic mass is 32.2. The fourth-order valence-corrected chi connectivity index (χ4v) is 3.99. The van der Waals surface area contributed by atoms with E-state index in [1.807, 2.05) is 61.5 Å². The van der Waals surface area contributed by atoms with E-state index in [-0.39, 0.29) is 29.7 Å². The van der Waals surface area contributed by atoms with Gasteiger partial charge >= 0.3 is 0 Å². The molecule has 2 amide bonds. The van der Waals surface area contributed by atoms with Crippen molar-refractivity contribution in [1.82, 2.24) is 10.9 Å². The van der Waals surface area contributed by atoms with Crippen LogP contribution < -0.4 is 21.1 Å². The molecule has 2 aliphatic heterocycles. The summed E-state index contributed by atoms with van der Waals surface area (Å²) < 4.78 is 0. The Kier molecular flexibility index (Phi) is 5.43. The van der Waals surface area contributed by atoms with Crippen molar-refractivity contribution in [3.8, 4) is 0 Å². The van der Waals surface area contributed by atoms with Crippen LogP contribution in [-0.2, 0) is 9.59 Å². The van der Waals surface area contributed by atoms with Gasteiger partial charge in [0, 0.05) is 12.2 Å². The Morgan fingerprint density at radius 2 is 1.96 bits per heavy atom. The molecule has 2 atom stereocenters. The number of anilines is 2. The van der Waals surface area contributed by atoms with Gasteiger partial charge in [0.2, 0.25) is 11.8 Å². The van der Waals surface area contributed by atoms with E-state index in [1.165, 1.54) is 11.8 Å². The van der Waals surface area contributed by atoms with Gasteiger partial charge < -0.3 is 5.32 Å². The van der Waals surface area contributed by atoms with E-state index in [1.54, 1.807) is 4.90 Å². The number of nitrogens with zero attached hydrogens (tertiary/aromatic N) is 2. The molecule has 0 radical (unpaired) electrons. The maximum Gasteiger partial charge on any atom is 0.241 e. The lowest BCUT2D eigenvalue weighted by Gasteiger charge is -2.32. The molecule has 2 aliphatic rings. The number of carbonyl (C=O) groups excluding carboxylic acids is 2. The van der Waals surface area contributed by atoms with Gasteiger partial charge in [0.25, 0.3) is 0 Å². The van der Waals surface area contributed by atoms with Crippen LogP contribution >= 0.6 is 11.8 Å². The molecule has 2 heterocycles. The molecule has 1 fully saturated rings. The summed E-state index contributed by atoms with van der Waals surface area (Å²) in [7, 11) is 0. The normalized spacial score (nSPS) is 21.2. The molecule has 4 rings (SSSR count). The Bertz CT molecular complexity index is 901. The van der Waals surface area contributed by atoms with Gasteiger partial charge in [0.15, 0.2) is 5.17 Å². The van der Waals surface area contributed by atoms with Crippen LogP contribution in [0, 0.1) is 12.8 Å². The highest BCUT2D eigenvalue weighted by molar-refractivity contribution is 8.14. The minimum Gasteiger partial charge on any atom is -0.325 e. The fourth-order valence-electron chi connectivity index (χ4n) is 3.15. The molecule has 2 aromatic rings. The minimum atomic E-state index is -0.310. The van der Waals surface area contributed by atoms with E-state index in [0.717, 1.165) is 16.9 Å². The number of hydrogen-bond donors (Lipinski definition) is 3. The number of nitrogens with one attached hydrogen (secondary N) is 3. The number of amides is 2. The van der Waals surface area contributed by atoms with Gasteiger partial charge in [0.1, 0.15) is 6.17 Å². The first-order chi connectivity index (χ1) is 13.6. The van der Waals surface area contributed by atoms with Crippen molar-refractivity contribution < 1.29 is 9.59 Å². The van der Waals surface area contributed by atoms with Crippen LogP contribution in [0.4, 0.5) is 11.4 Å². The Balaban J connectivity index is 1.49. The number of aliphatic imine (C=N–C) groups is 1. The van der Waals surface area contributed by atoms with Crippen LogP contribution in [-0.4, -0.2) is 35.4 Å². The fraction of sp³-hybridized carbons (Fsp3) is 0.250. The highest BCUT2D eigenvalue weighted by Gasteiger charge is 2.42. The zero-order valence-electron chi connectivity index (χ0n) is 15.4. The smallest absolute Gasteiger partial charge is 0.241 e. The van der Waals surface area contributed by atoms with Gasteiger partial charge in [0.05, 0.1) is 17.4 Å². The first kappa shape index (κ1) is 18.7. The van der Waals surface area contributed by atoms with Gasteiger partial charge in [-0.25, -0.2) is 10.4 Å². The van der Waals surface area contributed by atoms with Crippen molar-refractivity contribution >= 4 is 40.1 Å². The molecular formula is C20H21N5O2S. The van der Waals surface area contributed by atoms with Crippen molar-refractivity contribution in [2.45, 2.75) is 13.1 Å². The molecule has 0 bridgehead atoms. The van der Waals surface area contributed by atoms with E-state index in [4.69, 9.17) is 0 Å². The predicted molar refractivity (Wildman–Crippen MR) is 112 cm³/mol. The molecular weight excluding hydrogens is 374 g/mol. The van der Waals surface area contributed by atoms with Gasteiger partial charge in [-0.2, -0.15) is 0 Å². The monoisotopic (exact) mass is 395 g/mol. The summed E-state index contributed by atoms with van der Waals surface area (Å²) in [6.45, 7) is 2.53. The SMILES string of the molecule is Cc1ccc(NC(=O)CSC2=NC3NNCC3C(=O)N2c2ccccc2)cc1. The van der Waals surface area contributed by atoms with E-state index in [0.29, 0.717) is 11.7 Å². The first-order valence-electron chi connectivity index (χ1n) is 9.06. The van der Waals surface area contributed by atoms with Crippen LogP contribution in [0.15, 0.2) is 59.6 Å². The molecule has 0 aliphatic carbocycles. The largest absolute Gasteiger partial charge is 0.325 e. The molecule has 144 valence electrons. The van der Waals surface area contributed by atoms with Crippen molar-refractivity contribution in [2.24, 2.45) is 10.9 Å². The molecule has 28 heavy (non-hydrogen) atoms. The molecule has 0 saturated carbocycles. The predicted octanol–water partition coefficient (Wildman–Crippen LogP) is 2.12. The standard InChI is InChI=1S/C20H21N5O2S/c1-13-7-9-14(10-8-13)22-17(26)12-28-20-23-18-16(11-21-24-18)19(27)25(20)15-5-3-2-4-6-15/h2-10,16,18,21,24H,11-12H2,1H3,(H,22,26). The van der Waals surface area contributed by atoms with Crippen molar-refractivity contribution in [2.75, 3.05) is 22.5 Å². The van der Waals surface area contributed by atoms with Gasteiger partial charge in [-0.3, -0.25) is 19.9 Å². The summed E-state index contributed by atoms with van der Waals surface area (Å²) in [5.74, 6) is -0.263. The zero-order chi connectivity index (χ0) is 19.5. The van der Waals surface area contributed by atoms with E-state index < -0.39 is 0 Å². The second-order valence-corrected chi connectivity index (χ2v) is 7.64. The highest BCUT2D eigenvalue weighted by Crippen LogP contribution is 2.29. The molecule has 8 heteroatoms. The zero-order valence-corrected chi connectivity index (χ0v) is 16.2. The summed E-state index contributed by atoms with van der Waals surface area (Å²) in [4.78, 5) is 31.7. The molecule has 3 N–H and O–H groups in total. The van der Waals surface area contributed by atoms with Gasteiger partial charge in [-0.15, -0.1) is 0 Å². The number of para-hydroxylation sites is 1. The Morgan fingerprint density at radius 1 is 1.21 bits per heavy atom. The van der Waals surface area contributed by atoms with Crippen molar-refractivity contribution in [1.29, 1.82) is 0 Å². The van der Waals surface area contributed by atoms with E-state index in [9.17, 15) is 9.59 Å². The summed E-state index contributed by atoms with van der Waals surface area (Å²) >= 11 is 1.26. The number of amidine groups is 1. The lowest BCUT2D eigenvalue weighted by Crippen LogP contribution is -2.49. The lowest BCUT2D eigenvalue weighted by molar-refractivity contribution is -0.121. The number of aryl methyl sites for hydroxylation is 1. The van der Waals surface area contributed by atoms with E-state index >= 15 is 0 Å². The van der Waals surface area contributed by atoms with Crippen LogP contribution in [0.25, 0.3) is 0 Å². The van der Waals surface area contributed by atoms with Crippen molar-refractivity contribution in [3.63, 3.8) is 0 Å². The lowest BCUT2D eigenvalue weighted by atomic mass is 10.1. The maximum atomic E-state index is 13.0. The topological polar surface area (TPSA) is 85.8 Å². The number of hydrazine groups is 1. The summed E-state index contributed by atoms with van der Waals surface area (Å²) in [6, 6.07) is 17.0. The third-order valence-corrected chi connectivity index (χ3v) is 5.57. The quantitative estimate of drug-likeness (QED) is 0.738. The number of thioether (sulfide) groups is 1. The number of carbonyl (C=O) groups is 2. The third kappa shape index (κ3) is 3.94. The second-order valence-electron chi connectivity index (χ2n) is 6.70. The van der Waals surface area contributed by atoms with Crippen LogP contribution in [0.1, 0.15) is 5.56 Å². The summed E-state index contributed by atoms with van der Waals surface area (Å²) in [6.07, 6.45) is -0.310. The number of fused-ring (bicyclic) bond motifs is 1. The molecule has 0 aromatic heterocycles. The molecule has 2 aromatic carbocycles.